The molecule has 0 N–H and O–H groups in total. The molecule has 2 aliphatic heterocycles. The van der Waals surface area contributed by atoms with Gasteiger partial charge in [-0.25, -0.2) is 0 Å². The van der Waals surface area contributed by atoms with Gasteiger partial charge in [-0.05, 0) is 207 Å². The van der Waals surface area contributed by atoms with Crippen LogP contribution in [0, 0.1) is 22.7 Å². The van der Waals surface area contributed by atoms with Crippen molar-refractivity contribution in [1.82, 2.24) is 9.13 Å². The molecule has 0 saturated carbocycles. The Labute approximate surface area is 710 Å². The van der Waals surface area contributed by atoms with Gasteiger partial charge in [0.1, 0.15) is 0 Å². The Morgan fingerprint density at radius 3 is 0.843 bits per heavy atom. The monoisotopic (exact) mass is 1560 g/mol. The lowest BCUT2D eigenvalue weighted by atomic mass is 9.33. The van der Waals surface area contributed by atoms with E-state index in [0.29, 0.717) is 16.7 Å². The SMILES string of the molecule is CC(C)(C)c1ccc(-c2cc(-c3ccccc3)cc(-c3ccc(C(C)(C)C)cc3)c2N2c3cc(-n4c5ccccc5c5ccccc54)ccc3B3c4ccc(-n5c6ccccc6c6ccccc65)cc4N(c4c(-c5ccc(C(C)(C)C)cc5)cc(-c5c(C#N)cccc5C#N)cc4-c4ccc(C(C)(C)C)cc4)c4cc(-c5ccccc5)cc2c43)cc1. The summed E-state index contributed by atoms with van der Waals surface area (Å²) < 4.78 is 4.95. The van der Waals surface area contributed by atoms with E-state index in [-0.39, 0.29) is 28.4 Å². The van der Waals surface area contributed by atoms with Gasteiger partial charge in [0.2, 0.25) is 0 Å². The van der Waals surface area contributed by atoms with E-state index >= 15 is 0 Å². The molecule has 6 nitrogen and oxygen atoms in total. The van der Waals surface area contributed by atoms with Crippen LogP contribution in [0.1, 0.15) is 116 Å². The molecule has 0 saturated heterocycles. The summed E-state index contributed by atoms with van der Waals surface area (Å²) in [5.74, 6) is 0. The van der Waals surface area contributed by atoms with Crippen LogP contribution in [0.3, 0.4) is 0 Å². The summed E-state index contributed by atoms with van der Waals surface area (Å²) in [7, 11) is 0. The third kappa shape index (κ3) is 12.8. The Morgan fingerprint density at radius 1 is 0.248 bits per heavy atom. The van der Waals surface area contributed by atoms with Crippen LogP contribution < -0.4 is 26.2 Å². The third-order valence-electron chi connectivity index (χ3n) is 25.4. The second kappa shape index (κ2) is 28.8. The lowest BCUT2D eigenvalue weighted by Crippen LogP contribution is -2.61. The van der Waals surface area contributed by atoms with Crippen LogP contribution in [-0.4, -0.2) is 15.8 Å². The fourth-order valence-electron chi connectivity index (χ4n) is 19.1. The number of nitrogens with zero attached hydrogens (tertiary/aromatic N) is 6. The largest absolute Gasteiger partial charge is 0.310 e. The van der Waals surface area contributed by atoms with Crippen LogP contribution in [0.4, 0.5) is 34.1 Å². The summed E-state index contributed by atoms with van der Waals surface area (Å²) in [6, 6.07) is 134. The van der Waals surface area contributed by atoms with Gasteiger partial charge in [0.25, 0.3) is 6.71 Å². The number of hydrogen-bond donors (Lipinski definition) is 0. The molecule has 0 spiro atoms. The average Bonchev–Trinajstić information content (AvgIpc) is 0.771. The van der Waals surface area contributed by atoms with Gasteiger partial charge in [0.15, 0.2) is 0 Å². The summed E-state index contributed by atoms with van der Waals surface area (Å²) >= 11 is 0. The summed E-state index contributed by atoms with van der Waals surface area (Å²) in [4.78, 5) is 5.34. The fraction of sp³-hybridized carbons (Fsp3) is 0.140. The van der Waals surface area contributed by atoms with Crippen LogP contribution in [0.15, 0.2) is 346 Å². The van der Waals surface area contributed by atoms with Gasteiger partial charge in [-0.2, -0.15) is 10.5 Å². The van der Waals surface area contributed by atoms with Crippen molar-refractivity contribution in [1.29, 1.82) is 10.5 Å². The molecule has 0 atom stereocenters. The van der Waals surface area contributed by atoms with Crippen molar-refractivity contribution < 1.29 is 0 Å². The maximum atomic E-state index is 11.4. The molecule has 18 aromatic rings. The van der Waals surface area contributed by atoms with Crippen LogP contribution in [0.5, 0.6) is 0 Å². The van der Waals surface area contributed by atoms with Gasteiger partial charge >= 0.3 is 0 Å². The maximum Gasteiger partial charge on any atom is 0.252 e. The predicted octanol–water partition coefficient (Wildman–Crippen LogP) is 28.6. The van der Waals surface area contributed by atoms with Crippen molar-refractivity contribution in [2.75, 3.05) is 9.80 Å². The van der Waals surface area contributed by atoms with E-state index in [2.05, 4.69) is 442 Å². The number of benzene rings is 16. The molecular weight excluding hydrogens is 1460 g/mol. The van der Waals surface area contributed by atoms with Crippen LogP contribution >= 0.6 is 0 Å². The molecule has 582 valence electrons. The zero-order valence-corrected chi connectivity index (χ0v) is 70.7. The second-order valence-corrected chi connectivity index (χ2v) is 37.1. The minimum Gasteiger partial charge on any atom is -0.310 e. The Bertz CT molecular complexity index is 6990. The van der Waals surface area contributed by atoms with Crippen molar-refractivity contribution >= 4 is 101 Å². The topological polar surface area (TPSA) is 63.9 Å². The molecule has 0 aliphatic carbocycles. The normalized spacial score (nSPS) is 12.7. The van der Waals surface area contributed by atoms with Gasteiger partial charge in [0.05, 0.1) is 56.7 Å². The molecule has 0 bridgehead atoms. The number of anilines is 6. The van der Waals surface area contributed by atoms with E-state index in [1.165, 1.54) is 43.8 Å². The van der Waals surface area contributed by atoms with Crippen LogP contribution in [-0.2, 0) is 21.7 Å². The highest BCUT2D eigenvalue weighted by molar-refractivity contribution is 7.00. The molecule has 20 rings (SSSR count). The van der Waals surface area contributed by atoms with Gasteiger partial charge in [-0.1, -0.05) is 332 Å². The lowest BCUT2D eigenvalue weighted by Gasteiger charge is -2.46. The van der Waals surface area contributed by atoms with Crippen LogP contribution in [0.25, 0.3) is 133 Å². The average molecular weight is 1560 g/mol. The Balaban J connectivity index is 0.997. The number of para-hydroxylation sites is 4. The minimum absolute atomic E-state index is 0.118. The van der Waals surface area contributed by atoms with E-state index in [0.717, 1.165) is 156 Å². The van der Waals surface area contributed by atoms with Gasteiger partial charge in [0, 0.05) is 83.5 Å². The summed E-state index contributed by atoms with van der Waals surface area (Å²) in [5.41, 5.74) is 35.0. The molecule has 2 aliphatic rings. The highest BCUT2D eigenvalue weighted by Crippen LogP contribution is 2.57. The van der Waals surface area contributed by atoms with Gasteiger partial charge in [-0.3, -0.25) is 0 Å². The minimum atomic E-state index is -0.386. The molecule has 4 heterocycles. The summed E-state index contributed by atoms with van der Waals surface area (Å²) in [6.07, 6.45) is 0. The number of fused-ring (bicyclic) bond motifs is 10. The highest BCUT2D eigenvalue weighted by Gasteiger charge is 2.47. The summed E-state index contributed by atoms with van der Waals surface area (Å²) in [6.45, 7) is 27.1. The number of aromatic nitrogens is 2. The molecule has 0 radical (unpaired) electrons. The van der Waals surface area contributed by atoms with E-state index < -0.39 is 0 Å². The molecule has 0 fully saturated rings. The molecule has 121 heavy (non-hydrogen) atoms. The van der Waals surface area contributed by atoms with Crippen molar-refractivity contribution in [2.24, 2.45) is 0 Å². The molecule has 0 amide bonds. The Kier molecular flexibility index (Phi) is 18.0. The number of rotatable bonds is 11. The maximum absolute atomic E-state index is 11.4. The molecule has 16 aromatic carbocycles. The van der Waals surface area contributed by atoms with Crippen molar-refractivity contribution in [3.8, 4) is 101 Å². The van der Waals surface area contributed by atoms with E-state index in [1.807, 2.05) is 18.2 Å². The van der Waals surface area contributed by atoms with Gasteiger partial charge < -0.3 is 18.9 Å². The molecular formula is C114H93BN6. The first kappa shape index (κ1) is 75.5. The number of nitriles is 2. The fourth-order valence-corrected chi connectivity index (χ4v) is 19.1. The van der Waals surface area contributed by atoms with Crippen molar-refractivity contribution in [2.45, 2.75) is 105 Å². The zero-order chi connectivity index (χ0) is 83.1. The van der Waals surface area contributed by atoms with E-state index in [9.17, 15) is 10.5 Å². The van der Waals surface area contributed by atoms with Gasteiger partial charge in [-0.15, -0.1) is 0 Å². The zero-order valence-electron chi connectivity index (χ0n) is 70.7. The Hall–Kier alpha value is -14.2. The smallest absolute Gasteiger partial charge is 0.252 e. The number of hydrogen-bond acceptors (Lipinski definition) is 4. The summed E-state index contributed by atoms with van der Waals surface area (Å²) in [5, 5.41) is 27.4. The Morgan fingerprint density at radius 2 is 0.537 bits per heavy atom. The third-order valence-corrected chi connectivity index (χ3v) is 25.4. The lowest BCUT2D eigenvalue weighted by molar-refractivity contribution is 0.590. The first-order chi connectivity index (χ1) is 58.5. The van der Waals surface area contributed by atoms with Crippen LogP contribution in [0.2, 0.25) is 0 Å². The molecule has 7 heteroatoms. The van der Waals surface area contributed by atoms with Crippen molar-refractivity contribution in [3.05, 3.63) is 379 Å². The second-order valence-electron chi connectivity index (χ2n) is 37.1. The molecule has 2 aromatic heterocycles. The predicted molar refractivity (Wildman–Crippen MR) is 511 cm³/mol. The van der Waals surface area contributed by atoms with Crippen molar-refractivity contribution in [3.63, 3.8) is 0 Å². The van der Waals surface area contributed by atoms with E-state index in [1.54, 1.807) is 0 Å². The molecule has 0 unspecified atom stereocenters. The quantitative estimate of drug-likeness (QED) is 0.121. The standard InChI is InChI=1S/C114H93BN6/c1-111(2,3)83-50-42-74(43-51-83)93-62-80(72-28-15-13-16-29-72)63-94(75-44-52-84(53-45-75)112(4,5)6)109(93)120-103-68-87(118-99-38-23-19-34-89(99)90-35-20-24-39-100(90)118)58-60-97(103)115-98-61-59-88(119-101-40-25-21-36-91(101)92-37-22-26-41-102(92)119)69-104(98)121(106-67-81(66-105(120)108(106)115)73-30-17-14-18-31-73)110-95(76-46-54-85(55-47-76)113(7,8)9)64-82(107-78(70-116)32-27-33-79(107)71-117)65-96(110)77-48-56-86(57-49-77)114(10,11)12/h13-69H,1-12H3. The first-order valence-electron chi connectivity index (χ1n) is 42.3. The van der Waals surface area contributed by atoms with E-state index in [4.69, 9.17) is 0 Å². The first-order valence-corrected chi connectivity index (χ1v) is 42.3. The highest BCUT2D eigenvalue weighted by atomic mass is 15.2.